The predicted octanol–water partition coefficient (Wildman–Crippen LogP) is 0.804. The maximum absolute atomic E-state index is 10.9. The summed E-state index contributed by atoms with van der Waals surface area (Å²) >= 11 is 1.55. The van der Waals surface area contributed by atoms with Gasteiger partial charge >= 0.3 is 0 Å². The van der Waals surface area contributed by atoms with Crippen LogP contribution < -0.4 is 5.73 Å². The number of carbonyl (C=O) groups excluding carboxylic acids is 1. The molecule has 4 nitrogen and oxygen atoms in total. The molecule has 0 aromatic carbocycles. The van der Waals surface area contributed by atoms with E-state index < -0.39 is 0 Å². The van der Waals surface area contributed by atoms with Crippen molar-refractivity contribution < 1.29 is 9.90 Å². The fraction of sp³-hybridized carbons (Fsp3) is 0.545. The Balaban J connectivity index is 2.00. The fourth-order valence-electron chi connectivity index (χ4n) is 2.10. The lowest BCUT2D eigenvalue weighted by Gasteiger charge is -2.21. The summed E-state index contributed by atoms with van der Waals surface area (Å²) in [5.74, 6) is -0.373. The van der Waals surface area contributed by atoms with E-state index in [-0.39, 0.29) is 18.6 Å². The highest BCUT2D eigenvalue weighted by Gasteiger charge is 2.24. The van der Waals surface area contributed by atoms with Crippen LogP contribution in [0.3, 0.4) is 0 Å². The topological polar surface area (TPSA) is 66.6 Å². The summed E-state index contributed by atoms with van der Waals surface area (Å²) in [4.78, 5) is 14.3. The van der Waals surface area contributed by atoms with E-state index in [0.29, 0.717) is 5.56 Å². The number of hydrogen-bond donors (Lipinski definition) is 2. The molecule has 1 aromatic heterocycles. The number of nitrogens with zero attached hydrogens (tertiary/aromatic N) is 1. The third kappa shape index (κ3) is 2.42. The van der Waals surface area contributed by atoms with Crippen LogP contribution in [-0.2, 0) is 6.54 Å². The summed E-state index contributed by atoms with van der Waals surface area (Å²) in [6, 6.07) is 2.12. The van der Waals surface area contributed by atoms with Crippen molar-refractivity contribution in [1.29, 1.82) is 0 Å². The molecule has 3 N–H and O–H groups in total. The van der Waals surface area contributed by atoms with Crippen LogP contribution in [0.1, 0.15) is 28.1 Å². The summed E-state index contributed by atoms with van der Waals surface area (Å²) in [6.07, 6.45) is 2.20. The van der Waals surface area contributed by atoms with E-state index in [1.54, 1.807) is 16.7 Å². The molecule has 1 unspecified atom stereocenters. The van der Waals surface area contributed by atoms with Gasteiger partial charge in [-0.15, -0.1) is 11.3 Å². The second-order valence-electron chi connectivity index (χ2n) is 4.12. The molecule has 1 aromatic rings. The van der Waals surface area contributed by atoms with Gasteiger partial charge in [0, 0.05) is 22.8 Å². The standard InChI is InChI=1S/C11H16N2O2S/c12-11(15)8-4-10(16-7-8)5-13-3-1-2-9(13)6-14/h4,7,9,14H,1-3,5-6H2,(H2,12,15). The molecule has 0 aliphatic carbocycles. The van der Waals surface area contributed by atoms with Crippen LogP contribution >= 0.6 is 11.3 Å². The van der Waals surface area contributed by atoms with Gasteiger partial charge in [0.05, 0.1) is 12.2 Å². The molecule has 0 spiro atoms. The maximum Gasteiger partial charge on any atom is 0.249 e. The zero-order chi connectivity index (χ0) is 11.5. The molecule has 0 saturated carbocycles. The molecule has 0 radical (unpaired) electrons. The van der Waals surface area contributed by atoms with E-state index in [0.717, 1.165) is 30.8 Å². The molecule has 0 bridgehead atoms. The first-order chi connectivity index (χ1) is 7.70. The van der Waals surface area contributed by atoms with Gasteiger partial charge in [-0.1, -0.05) is 0 Å². The van der Waals surface area contributed by atoms with Crippen molar-refractivity contribution in [3.63, 3.8) is 0 Å². The van der Waals surface area contributed by atoms with Gasteiger partial charge in [0.25, 0.3) is 0 Å². The van der Waals surface area contributed by atoms with Crippen molar-refractivity contribution >= 4 is 17.2 Å². The van der Waals surface area contributed by atoms with E-state index in [1.165, 1.54) is 0 Å². The second-order valence-corrected chi connectivity index (χ2v) is 5.11. The molecular formula is C11H16N2O2S. The highest BCUT2D eigenvalue weighted by Crippen LogP contribution is 2.23. The molecular weight excluding hydrogens is 224 g/mol. The Labute approximate surface area is 98.7 Å². The first-order valence-electron chi connectivity index (χ1n) is 5.43. The molecule has 1 atom stereocenters. The molecule has 1 aliphatic rings. The highest BCUT2D eigenvalue weighted by atomic mass is 32.1. The summed E-state index contributed by atoms with van der Waals surface area (Å²) < 4.78 is 0. The van der Waals surface area contributed by atoms with Gasteiger partial charge in [0.1, 0.15) is 0 Å². The highest BCUT2D eigenvalue weighted by molar-refractivity contribution is 7.10. The average molecular weight is 240 g/mol. The summed E-state index contributed by atoms with van der Waals surface area (Å²) in [5.41, 5.74) is 5.79. The van der Waals surface area contributed by atoms with Gasteiger partial charge in [0.15, 0.2) is 0 Å². The van der Waals surface area contributed by atoms with Crippen LogP contribution in [0.5, 0.6) is 0 Å². The summed E-state index contributed by atoms with van der Waals surface area (Å²) in [5, 5.41) is 11.0. The molecule has 2 rings (SSSR count). The van der Waals surface area contributed by atoms with Gasteiger partial charge in [-0.25, -0.2) is 0 Å². The number of hydrogen-bond acceptors (Lipinski definition) is 4. The monoisotopic (exact) mass is 240 g/mol. The lowest BCUT2D eigenvalue weighted by Crippen LogP contribution is -2.31. The normalized spacial score (nSPS) is 21.4. The average Bonchev–Trinajstić information content (AvgIpc) is 2.87. The van der Waals surface area contributed by atoms with Gasteiger partial charge in [-0.3, -0.25) is 9.69 Å². The molecule has 16 heavy (non-hydrogen) atoms. The summed E-state index contributed by atoms with van der Waals surface area (Å²) in [7, 11) is 0. The van der Waals surface area contributed by atoms with E-state index in [9.17, 15) is 9.90 Å². The SMILES string of the molecule is NC(=O)c1csc(CN2CCCC2CO)c1. The largest absolute Gasteiger partial charge is 0.395 e. The van der Waals surface area contributed by atoms with Gasteiger partial charge in [-0.05, 0) is 25.5 Å². The number of amides is 1. The minimum atomic E-state index is -0.373. The maximum atomic E-state index is 10.9. The Kier molecular flexibility index (Phi) is 3.58. The molecule has 1 fully saturated rings. The van der Waals surface area contributed by atoms with Crippen molar-refractivity contribution in [2.45, 2.75) is 25.4 Å². The first-order valence-corrected chi connectivity index (χ1v) is 6.31. The lowest BCUT2D eigenvalue weighted by atomic mass is 10.2. The molecule has 2 heterocycles. The number of aliphatic hydroxyl groups is 1. The van der Waals surface area contributed by atoms with E-state index in [1.807, 2.05) is 6.07 Å². The van der Waals surface area contributed by atoms with E-state index in [2.05, 4.69) is 4.90 Å². The molecule has 1 saturated heterocycles. The third-order valence-corrected chi connectivity index (χ3v) is 3.93. The van der Waals surface area contributed by atoms with Crippen LogP contribution in [0.15, 0.2) is 11.4 Å². The minimum absolute atomic E-state index is 0.216. The van der Waals surface area contributed by atoms with Crippen LogP contribution in [0.4, 0.5) is 0 Å². The number of carbonyl (C=O) groups is 1. The van der Waals surface area contributed by atoms with Crippen molar-refractivity contribution in [3.05, 3.63) is 21.9 Å². The Bertz CT molecular complexity index is 378. The molecule has 1 aliphatic heterocycles. The van der Waals surface area contributed by atoms with Crippen molar-refractivity contribution in [1.82, 2.24) is 4.90 Å². The van der Waals surface area contributed by atoms with Gasteiger partial charge in [-0.2, -0.15) is 0 Å². The quantitative estimate of drug-likeness (QED) is 0.818. The predicted molar refractivity (Wildman–Crippen MR) is 63.4 cm³/mol. The lowest BCUT2D eigenvalue weighted by molar-refractivity contribution is 0.100. The number of nitrogens with two attached hydrogens (primary N) is 1. The van der Waals surface area contributed by atoms with Gasteiger partial charge < -0.3 is 10.8 Å². The number of primary amides is 1. The fourth-order valence-corrected chi connectivity index (χ4v) is 3.00. The molecule has 5 heteroatoms. The van der Waals surface area contributed by atoms with Crippen LogP contribution in [0.2, 0.25) is 0 Å². The Morgan fingerprint density at radius 1 is 1.69 bits per heavy atom. The second kappa shape index (κ2) is 4.95. The Morgan fingerprint density at radius 3 is 3.12 bits per heavy atom. The molecule has 88 valence electrons. The smallest absolute Gasteiger partial charge is 0.249 e. The number of likely N-dealkylation sites (tertiary alicyclic amines) is 1. The van der Waals surface area contributed by atoms with Crippen LogP contribution in [-0.4, -0.2) is 35.1 Å². The zero-order valence-electron chi connectivity index (χ0n) is 9.06. The Morgan fingerprint density at radius 2 is 2.50 bits per heavy atom. The van der Waals surface area contributed by atoms with E-state index >= 15 is 0 Å². The van der Waals surface area contributed by atoms with Crippen LogP contribution in [0, 0.1) is 0 Å². The van der Waals surface area contributed by atoms with Gasteiger partial charge in [0.2, 0.25) is 5.91 Å². The number of aliphatic hydroxyl groups excluding tert-OH is 1. The van der Waals surface area contributed by atoms with Crippen molar-refractivity contribution in [3.8, 4) is 0 Å². The number of thiophene rings is 1. The van der Waals surface area contributed by atoms with Crippen LogP contribution in [0.25, 0.3) is 0 Å². The van der Waals surface area contributed by atoms with Crippen molar-refractivity contribution in [2.75, 3.05) is 13.2 Å². The minimum Gasteiger partial charge on any atom is -0.395 e. The first kappa shape index (κ1) is 11.6. The Hall–Kier alpha value is -0.910. The summed E-state index contributed by atoms with van der Waals surface area (Å²) in [6.45, 7) is 2.05. The molecule has 1 amide bonds. The zero-order valence-corrected chi connectivity index (χ0v) is 9.87. The van der Waals surface area contributed by atoms with Crippen molar-refractivity contribution in [2.24, 2.45) is 5.73 Å². The number of rotatable bonds is 4. The van der Waals surface area contributed by atoms with E-state index in [4.69, 9.17) is 5.73 Å². The third-order valence-electron chi connectivity index (χ3n) is 3.01.